The number of nitrogens with zero attached hydrogens (tertiary/aromatic N) is 2. The van der Waals surface area contributed by atoms with E-state index in [0.717, 1.165) is 29.2 Å². The Hall–Kier alpha value is -2.12. The Morgan fingerprint density at radius 2 is 2.29 bits per heavy atom. The number of carbonyl (C=O) groups is 1. The molecule has 0 atom stereocenters. The van der Waals surface area contributed by atoms with Crippen LogP contribution < -0.4 is 5.32 Å². The molecule has 0 radical (unpaired) electrons. The minimum atomic E-state index is -0.321. The molecule has 0 saturated carbocycles. The van der Waals surface area contributed by atoms with Gasteiger partial charge in [0.25, 0.3) is 5.91 Å². The molecule has 0 bridgehead atoms. The maximum absolute atomic E-state index is 12.1. The molecule has 1 N–H and O–H groups in total. The van der Waals surface area contributed by atoms with Crippen molar-refractivity contribution in [1.82, 2.24) is 9.55 Å². The molecule has 3 heterocycles. The Labute approximate surface area is 152 Å². The fraction of sp³-hybridized carbons (Fsp3) is 0.176. The van der Waals surface area contributed by atoms with Crippen molar-refractivity contribution >= 4 is 38.3 Å². The number of hydrogen-bond acceptors (Lipinski definition) is 4. The van der Waals surface area contributed by atoms with Crippen molar-refractivity contribution < 1.29 is 9.21 Å². The summed E-state index contributed by atoms with van der Waals surface area (Å²) in [4.78, 5) is 16.6. The van der Waals surface area contributed by atoms with Crippen LogP contribution in [0.25, 0.3) is 11.3 Å². The molecule has 5 nitrogen and oxygen atoms in total. The first kappa shape index (κ1) is 16.7. The number of nitrogens with one attached hydrogen (secondary N) is 1. The van der Waals surface area contributed by atoms with Crippen LogP contribution >= 0.6 is 27.3 Å². The van der Waals surface area contributed by atoms with Crippen LogP contribution in [0, 0.1) is 13.8 Å². The molecule has 3 rings (SSSR count). The van der Waals surface area contributed by atoms with Gasteiger partial charge >= 0.3 is 0 Å². The standard InChI is InChI=1S/C17H16BrN3O2S/c1-4-7-21-10(2)8-12(11(21)3)13-9-24-17(19-13)20-16(22)14-5-6-15(18)23-14/h4-6,8-9H,1,7H2,2-3H3,(H,19,20,22). The molecule has 24 heavy (non-hydrogen) atoms. The van der Waals surface area contributed by atoms with Crippen LogP contribution in [0.5, 0.6) is 0 Å². The molecule has 3 aromatic rings. The van der Waals surface area contributed by atoms with Crippen molar-refractivity contribution in [3.63, 3.8) is 0 Å². The fourth-order valence-electron chi connectivity index (χ4n) is 2.52. The van der Waals surface area contributed by atoms with Gasteiger partial charge in [0, 0.05) is 28.9 Å². The molecule has 7 heteroatoms. The molecule has 3 aromatic heterocycles. The molecule has 0 aliphatic carbocycles. The number of aryl methyl sites for hydroxylation is 1. The lowest BCUT2D eigenvalue weighted by atomic mass is 10.2. The first-order valence-corrected chi connectivity index (χ1v) is 8.97. The number of amides is 1. The van der Waals surface area contributed by atoms with Gasteiger partial charge in [0.15, 0.2) is 15.6 Å². The van der Waals surface area contributed by atoms with Gasteiger partial charge in [-0.15, -0.1) is 17.9 Å². The van der Waals surface area contributed by atoms with Gasteiger partial charge in [-0.1, -0.05) is 6.08 Å². The number of carbonyl (C=O) groups excluding carboxylic acids is 1. The van der Waals surface area contributed by atoms with E-state index in [0.29, 0.717) is 9.80 Å². The lowest BCUT2D eigenvalue weighted by molar-refractivity contribution is 0.0995. The number of thiazole rings is 1. The number of rotatable bonds is 5. The quantitative estimate of drug-likeness (QED) is 0.605. The summed E-state index contributed by atoms with van der Waals surface area (Å²) in [5, 5.41) is 5.23. The third-order valence-electron chi connectivity index (χ3n) is 3.68. The SMILES string of the molecule is C=CCn1c(C)cc(-c2csc(NC(=O)c3ccc(Br)o3)n2)c1C. The molecule has 0 saturated heterocycles. The number of anilines is 1. The van der Waals surface area contributed by atoms with Crippen molar-refractivity contribution in [2.45, 2.75) is 20.4 Å². The van der Waals surface area contributed by atoms with E-state index in [4.69, 9.17) is 4.42 Å². The van der Waals surface area contributed by atoms with Gasteiger partial charge in [0.2, 0.25) is 0 Å². The zero-order valence-corrected chi connectivity index (χ0v) is 15.7. The Morgan fingerprint density at radius 3 is 2.96 bits per heavy atom. The Morgan fingerprint density at radius 1 is 1.50 bits per heavy atom. The minimum absolute atomic E-state index is 0.239. The van der Waals surface area contributed by atoms with Gasteiger partial charge in [-0.3, -0.25) is 10.1 Å². The smallest absolute Gasteiger partial charge is 0.293 e. The second-order valence-corrected chi connectivity index (χ2v) is 6.92. The zero-order valence-electron chi connectivity index (χ0n) is 13.3. The minimum Gasteiger partial charge on any atom is -0.444 e. The number of aromatic nitrogens is 2. The first-order valence-electron chi connectivity index (χ1n) is 7.30. The second-order valence-electron chi connectivity index (χ2n) is 5.28. The van der Waals surface area contributed by atoms with Gasteiger partial charge in [0.1, 0.15) is 0 Å². The normalized spacial score (nSPS) is 10.8. The summed E-state index contributed by atoms with van der Waals surface area (Å²) in [5.41, 5.74) is 4.19. The summed E-state index contributed by atoms with van der Waals surface area (Å²) in [6.07, 6.45) is 1.87. The van der Waals surface area contributed by atoms with Crippen LogP contribution in [0.1, 0.15) is 21.9 Å². The van der Waals surface area contributed by atoms with Crippen molar-refractivity contribution in [3.8, 4) is 11.3 Å². The van der Waals surface area contributed by atoms with E-state index in [-0.39, 0.29) is 11.7 Å². The van der Waals surface area contributed by atoms with Crippen LogP contribution in [0.3, 0.4) is 0 Å². The van der Waals surface area contributed by atoms with Gasteiger partial charge in [-0.05, 0) is 48.0 Å². The van der Waals surface area contributed by atoms with E-state index in [2.05, 4.69) is 57.3 Å². The van der Waals surface area contributed by atoms with Gasteiger partial charge in [-0.2, -0.15) is 0 Å². The maximum Gasteiger partial charge on any atom is 0.293 e. The highest BCUT2D eigenvalue weighted by atomic mass is 79.9. The highest BCUT2D eigenvalue weighted by Gasteiger charge is 2.16. The maximum atomic E-state index is 12.1. The average molecular weight is 406 g/mol. The predicted octanol–water partition coefficient (Wildman–Crippen LogP) is 5.02. The van der Waals surface area contributed by atoms with E-state index in [1.165, 1.54) is 11.3 Å². The molecule has 0 spiro atoms. The van der Waals surface area contributed by atoms with E-state index in [1.54, 1.807) is 12.1 Å². The number of furan rings is 1. The topological polar surface area (TPSA) is 60.1 Å². The van der Waals surface area contributed by atoms with Crippen molar-refractivity contribution in [3.05, 3.63) is 58.1 Å². The molecule has 0 unspecified atom stereocenters. The van der Waals surface area contributed by atoms with Gasteiger partial charge < -0.3 is 8.98 Å². The van der Waals surface area contributed by atoms with E-state index in [1.807, 2.05) is 11.5 Å². The summed E-state index contributed by atoms with van der Waals surface area (Å²) >= 11 is 4.57. The highest BCUT2D eigenvalue weighted by molar-refractivity contribution is 9.10. The molecule has 0 fully saturated rings. The van der Waals surface area contributed by atoms with Crippen LogP contribution in [-0.4, -0.2) is 15.5 Å². The lowest BCUT2D eigenvalue weighted by Crippen LogP contribution is -2.10. The van der Waals surface area contributed by atoms with Crippen LogP contribution in [0.4, 0.5) is 5.13 Å². The van der Waals surface area contributed by atoms with Gasteiger partial charge in [-0.25, -0.2) is 4.98 Å². The average Bonchev–Trinajstić information content (AvgIpc) is 3.23. The predicted molar refractivity (Wildman–Crippen MR) is 99.6 cm³/mol. The highest BCUT2D eigenvalue weighted by Crippen LogP contribution is 2.30. The monoisotopic (exact) mass is 405 g/mol. The number of halogens is 1. The zero-order chi connectivity index (χ0) is 17.3. The largest absolute Gasteiger partial charge is 0.444 e. The number of allylic oxidation sites excluding steroid dienone is 1. The molecule has 0 aliphatic heterocycles. The third kappa shape index (κ3) is 3.22. The Kier molecular flexibility index (Phi) is 4.73. The summed E-state index contributed by atoms with van der Waals surface area (Å²) in [7, 11) is 0. The van der Waals surface area contributed by atoms with Crippen LogP contribution in [-0.2, 0) is 6.54 Å². The van der Waals surface area contributed by atoms with E-state index >= 15 is 0 Å². The van der Waals surface area contributed by atoms with Crippen LogP contribution in [0.15, 0.2) is 45.3 Å². The molecular formula is C17H16BrN3O2S. The molecule has 124 valence electrons. The summed E-state index contributed by atoms with van der Waals surface area (Å²) < 4.78 is 7.94. The lowest BCUT2D eigenvalue weighted by Gasteiger charge is -2.05. The fourth-order valence-corrected chi connectivity index (χ4v) is 3.53. The summed E-state index contributed by atoms with van der Waals surface area (Å²) in [6.45, 7) is 8.67. The van der Waals surface area contributed by atoms with Crippen LogP contribution in [0.2, 0.25) is 0 Å². The molecular weight excluding hydrogens is 390 g/mol. The summed E-state index contributed by atoms with van der Waals surface area (Å²) in [5.74, 6) is -0.0819. The number of hydrogen-bond donors (Lipinski definition) is 1. The molecule has 1 amide bonds. The van der Waals surface area contributed by atoms with E-state index in [9.17, 15) is 4.79 Å². The van der Waals surface area contributed by atoms with Crippen molar-refractivity contribution in [2.24, 2.45) is 0 Å². The molecule has 0 aliphatic rings. The third-order valence-corrected chi connectivity index (χ3v) is 4.87. The summed E-state index contributed by atoms with van der Waals surface area (Å²) in [6, 6.07) is 5.39. The first-order chi connectivity index (χ1) is 11.5. The Bertz CT molecular complexity index is 907. The van der Waals surface area contributed by atoms with Crippen molar-refractivity contribution in [1.29, 1.82) is 0 Å². The second kappa shape index (κ2) is 6.78. The van der Waals surface area contributed by atoms with E-state index < -0.39 is 0 Å². The Balaban J connectivity index is 1.82. The van der Waals surface area contributed by atoms with Crippen molar-refractivity contribution in [2.75, 3.05) is 5.32 Å². The molecule has 0 aromatic carbocycles. The van der Waals surface area contributed by atoms with Gasteiger partial charge in [0.05, 0.1) is 5.69 Å².